The Hall–Kier alpha value is -2.40. The molecule has 1 aromatic carbocycles. The molecule has 12 heteroatoms. The molecule has 0 bridgehead atoms. The van der Waals surface area contributed by atoms with Crippen LogP contribution in [0, 0.1) is 5.82 Å². The van der Waals surface area contributed by atoms with Crippen LogP contribution >= 0.6 is 22.9 Å². The van der Waals surface area contributed by atoms with Gasteiger partial charge in [-0.05, 0) is 17.7 Å². The van der Waals surface area contributed by atoms with Gasteiger partial charge in [-0.15, -0.1) is 11.3 Å². The lowest BCUT2D eigenvalue weighted by Gasteiger charge is -2.19. The van der Waals surface area contributed by atoms with Gasteiger partial charge in [0.15, 0.2) is 11.1 Å². The third-order valence-electron chi connectivity index (χ3n) is 3.60. The van der Waals surface area contributed by atoms with E-state index in [1.54, 1.807) is 0 Å². The standard InChI is InChI=1S/C15H10ClF4N3O3S/c16-7-3-6(1-2-8(7)17)11(9-5-27-13(22-9)15(18,19)20)23-12(24)10-4-21-14(25)26-10/h1-3,5,10-11H,4H2,(H,21,25)(H,23,24)/t10-,11?/m0/s1. The van der Waals surface area contributed by atoms with Crippen LogP contribution in [-0.2, 0) is 15.7 Å². The van der Waals surface area contributed by atoms with E-state index in [2.05, 4.69) is 15.6 Å². The summed E-state index contributed by atoms with van der Waals surface area (Å²) in [5.74, 6) is -1.48. The number of alkyl carbamates (subject to hydrolysis) is 1. The highest BCUT2D eigenvalue weighted by Crippen LogP contribution is 2.34. The van der Waals surface area contributed by atoms with Crippen molar-refractivity contribution in [2.45, 2.75) is 18.3 Å². The fraction of sp³-hybridized carbons (Fsp3) is 0.267. The fourth-order valence-corrected chi connectivity index (χ4v) is 3.24. The number of carbonyl (C=O) groups excluding carboxylic acids is 2. The molecule has 1 fully saturated rings. The zero-order valence-electron chi connectivity index (χ0n) is 13.1. The second-order valence-corrected chi connectivity index (χ2v) is 6.73. The zero-order chi connectivity index (χ0) is 19.8. The number of nitrogens with one attached hydrogen (secondary N) is 2. The number of thiazole rings is 1. The molecule has 1 aliphatic heterocycles. The molecule has 2 amide bonds. The van der Waals surface area contributed by atoms with Crippen LogP contribution in [0.3, 0.4) is 0 Å². The van der Waals surface area contributed by atoms with E-state index in [-0.39, 0.29) is 22.8 Å². The Bertz CT molecular complexity index is 889. The molecule has 0 aliphatic carbocycles. The van der Waals surface area contributed by atoms with Crippen molar-refractivity contribution in [3.8, 4) is 0 Å². The largest absolute Gasteiger partial charge is 0.443 e. The molecule has 6 nitrogen and oxygen atoms in total. The maximum absolute atomic E-state index is 13.4. The summed E-state index contributed by atoms with van der Waals surface area (Å²) in [5, 5.41) is 4.51. The summed E-state index contributed by atoms with van der Waals surface area (Å²) in [6.45, 7) is -0.0908. The van der Waals surface area contributed by atoms with Gasteiger partial charge >= 0.3 is 12.3 Å². The van der Waals surface area contributed by atoms with Gasteiger partial charge in [-0.25, -0.2) is 14.2 Å². The quantitative estimate of drug-likeness (QED) is 0.740. The van der Waals surface area contributed by atoms with E-state index in [1.165, 1.54) is 12.1 Å². The molecule has 2 aromatic rings. The Morgan fingerprint density at radius 2 is 2.19 bits per heavy atom. The zero-order valence-corrected chi connectivity index (χ0v) is 14.7. The normalized spacial score (nSPS) is 18.0. The maximum Gasteiger partial charge on any atom is 0.443 e. The van der Waals surface area contributed by atoms with E-state index in [4.69, 9.17) is 16.3 Å². The third-order valence-corrected chi connectivity index (χ3v) is 4.79. The number of amides is 2. The monoisotopic (exact) mass is 423 g/mol. The molecule has 1 aromatic heterocycles. The van der Waals surface area contributed by atoms with Crippen molar-refractivity contribution in [3.63, 3.8) is 0 Å². The Labute approximate surface area is 158 Å². The molecule has 2 N–H and O–H groups in total. The Morgan fingerprint density at radius 3 is 2.74 bits per heavy atom. The lowest BCUT2D eigenvalue weighted by molar-refractivity contribution is -0.137. The number of hydrogen-bond acceptors (Lipinski definition) is 5. The van der Waals surface area contributed by atoms with Gasteiger partial charge in [0, 0.05) is 5.38 Å². The molecule has 1 unspecified atom stereocenters. The summed E-state index contributed by atoms with van der Waals surface area (Å²) in [6.07, 6.45) is -6.59. The van der Waals surface area contributed by atoms with Crippen molar-refractivity contribution in [1.29, 1.82) is 0 Å². The third kappa shape index (κ3) is 4.30. The minimum absolute atomic E-state index is 0.0908. The van der Waals surface area contributed by atoms with Crippen LogP contribution in [0.4, 0.5) is 22.4 Å². The number of carbonyl (C=O) groups is 2. The minimum atomic E-state index is -4.65. The molecular weight excluding hydrogens is 414 g/mol. The van der Waals surface area contributed by atoms with Crippen molar-refractivity contribution >= 4 is 34.9 Å². The minimum Gasteiger partial charge on any atom is -0.434 e. The van der Waals surface area contributed by atoms with Crippen molar-refractivity contribution in [2.24, 2.45) is 0 Å². The van der Waals surface area contributed by atoms with Crippen molar-refractivity contribution in [1.82, 2.24) is 15.6 Å². The molecule has 2 atom stereocenters. The van der Waals surface area contributed by atoms with E-state index in [9.17, 15) is 27.2 Å². The number of alkyl halides is 3. The van der Waals surface area contributed by atoms with Crippen LogP contribution in [0.2, 0.25) is 5.02 Å². The van der Waals surface area contributed by atoms with Crippen LogP contribution in [0.15, 0.2) is 23.6 Å². The van der Waals surface area contributed by atoms with Gasteiger partial charge in [0.2, 0.25) is 0 Å². The number of hydrogen-bond donors (Lipinski definition) is 2. The van der Waals surface area contributed by atoms with E-state index >= 15 is 0 Å². The summed E-state index contributed by atoms with van der Waals surface area (Å²) in [7, 11) is 0. The van der Waals surface area contributed by atoms with Gasteiger partial charge in [0.1, 0.15) is 5.82 Å². The summed E-state index contributed by atoms with van der Waals surface area (Å²) in [6, 6.07) is 2.30. The molecular formula is C15H10ClF4N3O3S. The lowest BCUT2D eigenvalue weighted by Crippen LogP contribution is -2.39. The lowest BCUT2D eigenvalue weighted by atomic mass is 10.0. The Morgan fingerprint density at radius 1 is 1.44 bits per heavy atom. The number of ether oxygens (including phenoxy) is 1. The summed E-state index contributed by atoms with van der Waals surface area (Å²) in [4.78, 5) is 26.9. The van der Waals surface area contributed by atoms with Gasteiger partial charge < -0.3 is 15.4 Å². The highest BCUT2D eigenvalue weighted by molar-refractivity contribution is 7.09. The fourth-order valence-electron chi connectivity index (χ4n) is 2.34. The molecule has 2 heterocycles. The molecule has 0 spiro atoms. The number of nitrogens with zero attached hydrogens (tertiary/aromatic N) is 1. The summed E-state index contributed by atoms with van der Waals surface area (Å²) >= 11 is 6.10. The van der Waals surface area contributed by atoms with Gasteiger partial charge in [-0.1, -0.05) is 17.7 Å². The first-order chi connectivity index (χ1) is 12.6. The van der Waals surface area contributed by atoms with Crippen LogP contribution in [0.1, 0.15) is 22.3 Å². The van der Waals surface area contributed by atoms with E-state index in [0.717, 1.165) is 11.4 Å². The second kappa shape index (κ2) is 7.31. The molecule has 1 aliphatic rings. The maximum atomic E-state index is 13.4. The van der Waals surface area contributed by atoms with E-state index < -0.39 is 41.1 Å². The molecule has 0 saturated carbocycles. The number of rotatable bonds is 4. The van der Waals surface area contributed by atoms with Gasteiger partial charge in [0.05, 0.1) is 23.3 Å². The Kier molecular flexibility index (Phi) is 5.24. The molecule has 0 radical (unpaired) electrons. The molecule has 3 rings (SSSR count). The topological polar surface area (TPSA) is 80.3 Å². The van der Waals surface area contributed by atoms with Gasteiger partial charge in [-0.2, -0.15) is 13.2 Å². The average Bonchev–Trinajstić information content (AvgIpc) is 3.24. The van der Waals surface area contributed by atoms with Gasteiger partial charge in [0.25, 0.3) is 5.91 Å². The van der Waals surface area contributed by atoms with Crippen LogP contribution in [0.25, 0.3) is 0 Å². The predicted octanol–water partition coefficient (Wildman–Crippen LogP) is 3.27. The molecule has 27 heavy (non-hydrogen) atoms. The van der Waals surface area contributed by atoms with E-state index in [0.29, 0.717) is 11.3 Å². The first kappa shape index (κ1) is 19.4. The average molecular weight is 424 g/mol. The SMILES string of the molecule is O=C1NC[C@@H](C(=O)NC(c2ccc(F)c(Cl)c2)c2csc(C(F)(F)F)n2)O1. The molecule has 144 valence electrons. The smallest absolute Gasteiger partial charge is 0.434 e. The van der Waals surface area contributed by atoms with Crippen molar-refractivity contribution in [3.05, 3.63) is 50.7 Å². The Balaban J connectivity index is 1.93. The highest BCUT2D eigenvalue weighted by atomic mass is 35.5. The van der Waals surface area contributed by atoms with Crippen molar-refractivity contribution in [2.75, 3.05) is 6.54 Å². The number of halogens is 5. The first-order valence-electron chi connectivity index (χ1n) is 7.37. The number of benzene rings is 1. The predicted molar refractivity (Wildman–Crippen MR) is 86.8 cm³/mol. The van der Waals surface area contributed by atoms with Gasteiger partial charge in [-0.3, -0.25) is 4.79 Å². The number of cyclic esters (lactones) is 1. The summed E-state index contributed by atoms with van der Waals surface area (Å²) < 4.78 is 56.8. The molecule has 1 saturated heterocycles. The number of aromatic nitrogens is 1. The second-order valence-electron chi connectivity index (χ2n) is 5.47. The van der Waals surface area contributed by atoms with Crippen molar-refractivity contribution < 1.29 is 31.9 Å². The summed E-state index contributed by atoms with van der Waals surface area (Å²) in [5.41, 5.74) is 0.103. The van der Waals surface area contributed by atoms with Crippen LogP contribution < -0.4 is 10.6 Å². The van der Waals surface area contributed by atoms with E-state index in [1.807, 2.05) is 0 Å². The highest BCUT2D eigenvalue weighted by Gasteiger charge is 2.37. The van der Waals surface area contributed by atoms with Crippen LogP contribution in [0.5, 0.6) is 0 Å². The van der Waals surface area contributed by atoms with Crippen LogP contribution in [-0.4, -0.2) is 29.6 Å². The first-order valence-corrected chi connectivity index (χ1v) is 8.63.